The lowest BCUT2D eigenvalue weighted by atomic mass is 9.96. The predicted molar refractivity (Wildman–Crippen MR) is 97.3 cm³/mol. The number of hydrogen-bond donors (Lipinski definition) is 1. The number of thioether (sulfide) groups is 1. The molecule has 1 fully saturated rings. The largest absolute Gasteiger partial charge is 0.343 e. The highest BCUT2D eigenvalue weighted by atomic mass is 79.9. The van der Waals surface area contributed by atoms with Crippen LogP contribution in [0.4, 0.5) is 0 Å². The summed E-state index contributed by atoms with van der Waals surface area (Å²) in [5.41, 5.74) is 0. The zero-order valence-corrected chi connectivity index (χ0v) is 15.6. The van der Waals surface area contributed by atoms with Gasteiger partial charge in [0, 0.05) is 34.6 Å². The molecule has 1 aliphatic heterocycles. The van der Waals surface area contributed by atoms with Gasteiger partial charge in [-0.3, -0.25) is 4.79 Å². The Hall–Kier alpha value is -0.520. The molecule has 1 saturated heterocycles. The average molecular weight is 385 g/mol. The Morgan fingerprint density at radius 2 is 2.09 bits per heavy atom. The number of nitrogens with zero attached hydrogens (tertiary/aromatic N) is 1. The number of amides is 1. The topological polar surface area (TPSA) is 32.3 Å². The molecule has 1 N–H and O–H groups in total. The molecule has 5 heteroatoms. The molecule has 0 bridgehead atoms. The number of carbonyl (C=O) groups is 1. The fourth-order valence-electron chi connectivity index (χ4n) is 2.70. The molecule has 0 aliphatic carbocycles. The van der Waals surface area contributed by atoms with E-state index in [1.54, 1.807) is 11.8 Å². The van der Waals surface area contributed by atoms with E-state index in [-0.39, 0.29) is 0 Å². The molecule has 0 unspecified atom stereocenters. The lowest BCUT2D eigenvalue weighted by molar-refractivity contribution is -0.132. The molecule has 1 aromatic rings. The highest BCUT2D eigenvalue weighted by Crippen LogP contribution is 2.27. The van der Waals surface area contributed by atoms with Crippen molar-refractivity contribution in [3.8, 4) is 0 Å². The minimum Gasteiger partial charge on any atom is -0.343 e. The van der Waals surface area contributed by atoms with Gasteiger partial charge in [0.15, 0.2) is 0 Å². The summed E-state index contributed by atoms with van der Waals surface area (Å²) in [6.45, 7) is 6.12. The zero-order valence-electron chi connectivity index (χ0n) is 13.2. The number of carbonyl (C=O) groups excluding carboxylic acids is 1. The number of halogens is 1. The summed E-state index contributed by atoms with van der Waals surface area (Å²) in [6, 6.07) is 8.17. The Labute approximate surface area is 146 Å². The quantitative estimate of drug-likeness (QED) is 0.725. The van der Waals surface area contributed by atoms with Gasteiger partial charge in [0.25, 0.3) is 0 Å². The maximum atomic E-state index is 12.3. The summed E-state index contributed by atoms with van der Waals surface area (Å²) in [6.07, 6.45) is 2.90. The van der Waals surface area contributed by atoms with Crippen molar-refractivity contribution in [1.82, 2.24) is 10.2 Å². The zero-order chi connectivity index (χ0) is 15.8. The molecule has 0 radical (unpaired) electrons. The highest BCUT2D eigenvalue weighted by molar-refractivity contribution is 9.10. The van der Waals surface area contributed by atoms with Crippen LogP contribution in [0, 0.1) is 5.92 Å². The molecular weight excluding hydrogens is 360 g/mol. The lowest BCUT2D eigenvalue weighted by Crippen LogP contribution is -2.40. The van der Waals surface area contributed by atoms with E-state index in [0.29, 0.717) is 12.3 Å². The maximum Gasteiger partial charge on any atom is 0.223 e. The number of benzene rings is 1. The summed E-state index contributed by atoms with van der Waals surface area (Å²) in [4.78, 5) is 15.5. The fraction of sp³-hybridized carbons (Fsp3) is 0.588. The van der Waals surface area contributed by atoms with Crippen LogP contribution in [-0.4, -0.2) is 42.7 Å². The second-order valence-electron chi connectivity index (χ2n) is 5.66. The SMILES string of the molecule is CCNCC1CCN(C(=O)CCSc2ccccc2Br)CC1. The maximum absolute atomic E-state index is 12.3. The normalized spacial score (nSPS) is 16.0. The van der Waals surface area contributed by atoms with Gasteiger partial charge in [-0.05, 0) is 59.9 Å². The second kappa shape index (κ2) is 9.58. The summed E-state index contributed by atoms with van der Waals surface area (Å²) >= 11 is 5.29. The molecule has 3 nitrogen and oxygen atoms in total. The van der Waals surface area contributed by atoms with Gasteiger partial charge in [0.05, 0.1) is 0 Å². The molecule has 22 heavy (non-hydrogen) atoms. The smallest absolute Gasteiger partial charge is 0.223 e. The molecule has 0 aromatic heterocycles. The lowest BCUT2D eigenvalue weighted by Gasteiger charge is -2.32. The van der Waals surface area contributed by atoms with Crippen molar-refractivity contribution in [2.45, 2.75) is 31.1 Å². The van der Waals surface area contributed by atoms with E-state index in [1.807, 2.05) is 23.1 Å². The van der Waals surface area contributed by atoms with Crippen molar-refractivity contribution in [3.05, 3.63) is 28.7 Å². The summed E-state index contributed by atoms with van der Waals surface area (Å²) in [5, 5.41) is 3.41. The van der Waals surface area contributed by atoms with Gasteiger partial charge in [-0.25, -0.2) is 0 Å². The van der Waals surface area contributed by atoms with Gasteiger partial charge in [0.1, 0.15) is 0 Å². The van der Waals surface area contributed by atoms with Crippen molar-refractivity contribution in [1.29, 1.82) is 0 Å². The van der Waals surface area contributed by atoms with E-state index in [9.17, 15) is 4.79 Å². The minimum atomic E-state index is 0.307. The molecule has 1 aromatic carbocycles. The first kappa shape index (κ1) is 17.8. The van der Waals surface area contributed by atoms with Crippen LogP contribution in [0.3, 0.4) is 0 Å². The van der Waals surface area contributed by atoms with Crippen LogP contribution in [0.25, 0.3) is 0 Å². The Bertz CT molecular complexity index is 475. The molecule has 1 aliphatic rings. The predicted octanol–water partition coefficient (Wildman–Crippen LogP) is 3.78. The van der Waals surface area contributed by atoms with E-state index in [2.05, 4.69) is 34.2 Å². The third-order valence-corrected chi connectivity index (χ3v) is 6.09. The van der Waals surface area contributed by atoms with Crippen LogP contribution in [0.15, 0.2) is 33.6 Å². The van der Waals surface area contributed by atoms with Gasteiger partial charge < -0.3 is 10.2 Å². The molecular formula is C17H25BrN2OS. The van der Waals surface area contributed by atoms with Crippen LogP contribution in [0.1, 0.15) is 26.2 Å². The molecule has 2 rings (SSSR count). The van der Waals surface area contributed by atoms with Crippen molar-refractivity contribution < 1.29 is 4.79 Å². The fourth-order valence-corrected chi connectivity index (χ4v) is 4.21. The van der Waals surface area contributed by atoms with E-state index in [1.165, 1.54) is 4.90 Å². The van der Waals surface area contributed by atoms with Gasteiger partial charge in [-0.1, -0.05) is 19.1 Å². The average Bonchev–Trinajstić information content (AvgIpc) is 2.55. The molecule has 1 heterocycles. The molecule has 122 valence electrons. The number of likely N-dealkylation sites (tertiary alicyclic amines) is 1. The standard InChI is InChI=1S/C17H25BrN2OS/c1-2-19-13-14-7-10-20(11-8-14)17(21)9-12-22-16-6-4-3-5-15(16)18/h3-6,14,19H,2,7-13H2,1H3. The Kier molecular flexibility index (Phi) is 7.76. The van der Waals surface area contributed by atoms with Gasteiger partial charge >= 0.3 is 0 Å². The number of nitrogens with one attached hydrogen (secondary N) is 1. The van der Waals surface area contributed by atoms with Gasteiger partial charge in [-0.15, -0.1) is 11.8 Å². The van der Waals surface area contributed by atoms with Gasteiger partial charge in [0.2, 0.25) is 5.91 Å². The second-order valence-corrected chi connectivity index (χ2v) is 7.65. The van der Waals surface area contributed by atoms with E-state index >= 15 is 0 Å². The summed E-state index contributed by atoms with van der Waals surface area (Å²) < 4.78 is 1.11. The van der Waals surface area contributed by atoms with Crippen molar-refractivity contribution >= 4 is 33.6 Å². The van der Waals surface area contributed by atoms with Crippen LogP contribution < -0.4 is 5.32 Å². The monoisotopic (exact) mass is 384 g/mol. The first-order valence-corrected chi connectivity index (χ1v) is 9.84. The van der Waals surface area contributed by atoms with E-state index in [4.69, 9.17) is 0 Å². The van der Waals surface area contributed by atoms with Crippen molar-refractivity contribution in [2.75, 3.05) is 31.9 Å². The minimum absolute atomic E-state index is 0.307. The van der Waals surface area contributed by atoms with Crippen LogP contribution in [-0.2, 0) is 4.79 Å². The Balaban J connectivity index is 1.67. The van der Waals surface area contributed by atoms with E-state index < -0.39 is 0 Å². The first-order chi connectivity index (χ1) is 10.7. The summed E-state index contributed by atoms with van der Waals surface area (Å²) in [7, 11) is 0. The summed E-state index contributed by atoms with van der Waals surface area (Å²) in [5.74, 6) is 1.89. The third-order valence-electron chi connectivity index (χ3n) is 4.06. The molecule has 0 saturated carbocycles. The Morgan fingerprint density at radius 3 is 2.77 bits per heavy atom. The molecule has 0 spiro atoms. The van der Waals surface area contributed by atoms with Crippen LogP contribution >= 0.6 is 27.7 Å². The molecule has 0 atom stereocenters. The van der Waals surface area contributed by atoms with Crippen molar-refractivity contribution in [3.63, 3.8) is 0 Å². The number of hydrogen-bond acceptors (Lipinski definition) is 3. The highest BCUT2D eigenvalue weighted by Gasteiger charge is 2.22. The number of piperidine rings is 1. The van der Waals surface area contributed by atoms with E-state index in [0.717, 1.165) is 55.2 Å². The third kappa shape index (κ3) is 5.60. The van der Waals surface area contributed by atoms with Crippen LogP contribution in [0.5, 0.6) is 0 Å². The van der Waals surface area contributed by atoms with Gasteiger partial charge in [-0.2, -0.15) is 0 Å². The van der Waals surface area contributed by atoms with Crippen LogP contribution in [0.2, 0.25) is 0 Å². The number of rotatable bonds is 7. The van der Waals surface area contributed by atoms with Crippen molar-refractivity contribution in [2.24, 2.45) is 5.92 Å². The first-order valence-electron chi connectivity index (χ1n) is 8.06. The molecule has 1 amide bonds. The Morgan fingerprint density at radius 1 is 1.36 bits per heavy atom.